The van der Waals surface area contributed by atoms with Crippen molar-refractivity contribution in [3.63, 3.8) is 0 Å². The van der Waals surface area contributed by atoms with Crippen LogP contribution in [0, 0.1) is 6.92 Å². The molecule has 1 fully saturated rings. The maximum absolute atomic E-state index is 13.0. The van der Waals surface area contributed by atoms with Crippen LogP contribution in [0.25, 0.3) is 5.69 Å². The Labute approximate surface area is 152 Å². The molecule has 0 bridgehead atoms. The van der Waals surface area contributed by atoms with Crippen molar-refractivity contribution in [2.75, 3.05) is 19.8 Å². The summed E-state index contributed by atoms with van der Waals surface area (Å²) in [6, 6.07) is 7.80. The topological polar surface area (TPSA) is 84.7 Å². The van der Waals surface area contributed by atoms with Crippen LogP contribution in [-0.4, -0.2) is 57.5 Å². The number of aryl methyl sites for hydroxylation is 1. The van der Waals surface area contributed by atoms with E-state index < -0.39 is 5.97 Å². The van der Waals surface area contributed by atoms with Crippen LogP contribution >= 0.6 is 0 Å². The molecule has 26 heavy (non-hydrogen) atoms. The van der Waals surface area contributed by atoms with Crippen molar-refractivity contribution < 1.29 is 19.4 Å². The van der Waals surface area contributed by atoms with Crippen molar-refractivity contribution in [1.82, 2.24) is 14.7 Å². The number of carboxylic acids is 1. The van der Waals surface area contributed by atoms with Crippen molar-refractivity contribution in [2.24, 2.45) is 0 Å². The van der Waals surface area contributed by atoms with Gasteiger partial charge in [-0.2, -0.15) is 5.10 Å². The summed E-state index contributed by atoms with van der Waals surface area (Å²) in [6.45, 7) is 3.35. The third kappa shape index (κ3) is 4.11. The summed E-state index contributed by atoms with van der Waals surface area (Å²) in [6.07, 6.45) is 4.61. The first kappa shape index (κ1) is 18.1. The van der Waals surface area contributed by atoms with Crippen LogP contribution in [0.5, 0.6) is 0 Å². The summed E-state index contributed by atoms with van der Waals surface area (Å²) >= 11 is 0. The second-order valence-corrected chi connectivity index (χ2v) is 6.45. The number of carboxylic acid groups (broad SMARTS) is 1. The Morgan fingerprint density at radius 1 is 1.31 bits per heavy atom. The summed E-state index contributed by atoms with van der Waals surface area (Å²) in [5, 5.41) is 13.3. The maximum Gasteiger partial charge on any atom is 0.305 e. The molecular weight excluding hydrogens is 334 g/mol. The Morgan fingerprint density at radius 2 is 2.04 bits per heavy atom. The minimum absolute atomic E-state index is 0.00240. The third-order valence-electron chi connectivity index (χ3n) is 4.65. The Morgan fingerprint density at radius 3 is 2.73 bits per heavy atom. The van der Waals surface area contributed by atoms with Gasteiger partial charge in [-0.1, -0.05) is 18.2 Å². The van der Waals surface area contributed by atoms with Gasteiger partial charge < -0.3 is 14.7 Å². The molecule has 0 spiro atoms. The lowest BCUT2D eigenvalue weighted by Crippen LogP contribution is -2.44. The number of carbonyl (C=O) groups excluding carboxylic acids is 1. The van der Waals surface area contributed by atoms with E-state index in [9.17, 15) is 9.59 Å². The molecule has 1 aliphatic rings. The number of aliphatic carboxylic acids is 1. The first-order chi connectivity index (χ1) is 12.6. The molecule has 1 N–H and O–H groups in total. The number of para-hydroxylation sites is 1. The number of aromatic nitrogens is 2. The zero-order valence-electron chi connectivity index (χ0n) is 14.8. The van der Waals surface area contributed by atoms with Crippen molar-refractivity contribution in [1.29, 1.82) is 0 Å². The van der Waals surface area contributed by atoms with Crippen molar-refractivity contribution in [2.45, 2.75) is 32.2 Å². The average molecular weight is 357 g/mol. The second kappa shape index (κ2) is 8.14. The van der Waals surface area contributed by atoms with Crippen molar-refractivity contribution >= 4 is 11.9 Å². The fourth-order valence-corrected chi connectivity index (χ4v) is 3.21. The van der Waals surface area contributed by atoms with E-state index in [2.05, 4.69) is 5.10 Å². The van der Waals surface area contributed by atoms with E-state index in [0.29, 0.717) is 18.8 Å². The first-order valence-corrected chi connectivity index (χ1v) is 8.77. The summed E-state index contributed by atoms with van der Waals surface area (Å²) in [5.74, 6) is -1.09. The van der Waals surface area contributed by atoms with Gasteiger partial charge in [-0.3, -0.25) is 9.59 Å². The molecule has 1 aromatic carbocycles. The lowest BCUT2D eigenvalue weighted by atomic mass is 10.1. The summed E-state index contributed by atoms with van der Waals surface area (Å²) in [7, 11) is 0. The molecule has 1 amide bonds. The molecule has 0 saturated carbocycles. The lowest BCUT2D eigenvalue weighted by Gasteiger charge is -2.33. The number of hydrogen-bond acceptors (Lipinski definition) is 4. The highest BCUT2D eigenvalue weighted by Gasteiger charge is 2.28. The Hall–Kier alpha value is -2.67. The molecule has 1 aromatic heterocycles. The number of ether oxygens (including phenoxy) is 1. The number of hydrogen-bond donors (Lipinski definition) is 1. The molecule has 2 heterocycles. The molecular formula is C19H23N3O4. The van der Waals surface area contributed by atoms with Crippen LogP contribution in [0.15, 0.2) is 36.7 Å². The summed E-state index contributed by atoms with van der Waals surface area (Å²) in [4.78, 5) is 25.7. The molecule has 0 aliphatic carbocycles. The molecule has 138 valence electrons. The normalized spacial score (nSPS) is 15.0. The summed E-state index contributed by atoms with van der Waals surface area (Å²) in [5.41, 5.74) is 2.43. The van der Waals surface area contributed by atoms with E-state index in [1.54, 1.807) is 22.0 Å². The maximum atomic E-state index is 13.0. The predicted octanol–water partition coefficient (Wildman–Crippen LogP) is 2.28. The smallest absolute Gasteiger partial charge is 0.305 e. The van der Waals surface area contributed by atoms with Crippen LogP contribution in [0.1, 0.15) is 35.2 Å². The van der Waals surface area contributed by atoms with Crippen LogP contribution in [0.4, 0.5) is 0 Å². The molecule has 0 atom stereocenters. The minimum atomic E-state index is -0.912. The van der Waals surface area contributed by atoms with Crippen molar-refractivity contribution in [3.8, 4) is 5.69 Å². The Balaban J connectivity index is 1.82. The average Bonchev–Trinajstić information content (AvgIpc) is 3.12. The summed E-state index contributed by atoms with van der Waals surface area (Å²) < 4.78 is 7.05. The van der Waals surface area contributed by atoms with Gasteiger partial charge in [0, 0.05) is 32.0 Å². The van der Waals surface area contributed by atoms with E-state index >= 15 is 0 Å². The number of nitrogens with zero attached hydrogens (tertiary/aromatic N) is 3. The zero-order chi connectivity index (χ0) is 18.5. The van der Waals surface area contributed by atoms with Gasteiger partial charge in [0.15, 0.2) is 0 Å². The predicted molar refractivity (Wildman–Crippen MR) is 95.4 cm³/mol. The van der Waals surface area contributed by atoms with Gasteiger partial charge in [-0.05, 0) is 31.4 Å². The SMILES string of the molecule is Cc1ccccc1-n1cc(C(=O)N(CCC(=O)O)C2CCOCC2)cn1. The largest absolute Gasteiger partial charge is 0.481 e. The fourth-order valence-electron chi connectivity index (χ4n) is 3.21. The second-order valence-electron chi connectivity index (χ2n) is 6.45. The zero-order valence-corrected chi connectivity index (χ0v) is 14.8. The van der Waals surface area contributed by atoms with Gasteiger partial charge in [0.1, 0.15) is 0 Å². The van der Waals surface area contributed by atoms with Gasteiger partial charge in [-0.25, -0.2) is 4.68 Å². The highest BCUT2D eigenvalue weighted by Crippen LogP contribution is 2.19. The minimum Gasteiger partial charge on any atom is -0.481 e. The van der Waals surface area contributed by atoms with E-state index in [-0.39, 0.29) is 24.9 Å². The lowest BCUT2D eigenvalue weighted by molar-refractivity contribution is -0.137. The van der Waals surface area contributed by atoms with Crippen LogP contribution < -0.4 is 0 Å². The van der Waals surface area contributed by atoms with E-state index in [4.69, 9.17) is 9.84 Å². The van der Waals surface area contributed by atoms with E-state index in [0.717, 1.165) is 24.1 Å². The van der Waals surface area contributed by atoms with Gasteiger partial charge in [0.25, 0.3) is 5.91 Å². The van der Waals surface area contributed by atoms with Crippen LogP contribution in [0.3, 0.4) is 0 Å². The number of benzene rings is 1. The molecule has 7 nitrogen and oxygen atoms in total. The molecule has 2 aromatic rings. The van der Waals surface area contributed by atoms with Gasteiger partial charge in [-0.15, -0.1) is 0 Å². The quantitative estimate of drug-likeness (QED) is 0.857. The number of rotatable bonds is 6. The molecule has 1 saturated heterocycles. The Kier molecular flexibility index (Phi) is 5.68. The fraction of sp³-hybridized carbons (Fsp3) is 0.421. The van der Waals surface area contributed by atoms with Gasteiger partial charge >= 0.3 is 5.97 Å². The van der Waals surface area contributed by atoms with Gasteiger partial charge in [0.2, 0.25) is 0 Å². The van der Waals surface area contributed by atoms with E-state index in [1.807, 2.05) is 31.2 Å². The van der Waals surface area contributed by atoms with Crippen molar-refractivity contribution in [3.05, 3.63) is 47.8 Å². The molecule has 3 rings (SSSR count). The van der Waals surface area contributed by atoms with E-state index in [1.165, 1.54) is 0 Å². The highest BCUT2D eigenvalue weighted by molar-refractivity contribution is 5.94. The number of carbonyl (C=O) groups is 2. The van der Waals surface area contributed by atoms with Crippen LogP contribution in [0.2, 0.25) is 0 Å². The third-order valence-corrected chi connectivity index (χ3v) is 4.65. The van der Waals surface area contributed by atoms with Gasteiger partial charge in [0.05, 0.1) is 23.9 Å². The monoisotopic (exact) mass is 357 g/mol. The standard InChI is InChI=1S/C19H23N3O4/c1-14-4-2-3-5-17(14)22-13-15(12-20-22)19(25)21(9-6-18(23)24)16-7-10-26-11-8-16/h2-5,12-13,16H,6-11H2,1H3,(H,23,24). The molecule has 7 heteroatoms. The highest BCUT2D eigenvalue weighted by atomic mass is 16.5. The number of amides is 1. The molecule has 0 unspecified atom stereocenters. The Bertz CT molecular complexity index is 781. The molecule has 0 radical (unpaired) electrons. The molecule has 1 aliphatic heterocycles. The first-order valence-electron chi connectivity index (χ1n) is 8.77. The van der Waals surface area contributed by atoms with Crippen LogP contribution in [-0.2, 0) is 9.53 Å².